The van der Waals surface area contributed by atoms with Gasteiger partial charge in [-0.05, 0) is 48.4 Å². The standard InChI is InChI=1S/C23H22F3N3O5.C2H6.C2H4/c1-14(31)29-20(32)3-2-10-27-22(34)19-9-4-15(11-17(19)13-30)12-28-21(33)16-5-7-18(8-6-16)23(24,25)26;2*1-2/h4-9,11,13H,2-3,10,12H2,1H3,(H,27,34)(H,28,33)(H,29,31,32);1-2H3;1-2H2. The van der Waals surface area contributed by atoms with Gasteiger partial charge in [-0.15, -0.1) is 13.2 Å². The lowest BCUT2D eigenvalue weighted by molar-refractivity contribution is -0.137. The minimum Gasteiger partial charge on any atom is -0.352 e. The average molecular weight is 536 g/mol. The molecule has 0 saturated heterocycles. The van der Waals surface area contributed by atoms with Gasteiger partial charge in [-0.1, -0.05) is 19.9 Å². The number of benzene rings is 2. The Bertz CT molecular complexity index is 1100. The van der Waals surface area contributed by atoms with Gasteiger partial charge in [0, 0.05) is 43.1 Å². The van der Waals surface area contributed by atoms with Gasteiger partial charge >= 0.3 is 6.18 Å². The van der Waals surface area contributed by atoms with Crippen LogP contribution in [0.3, 0.4) is 0 Å². The first-order valence-electron chi connectivity index (χ1n) is 11.6. The number of halogens is 3. The Labute approximate surface area is 219 Å². The zero-order valence-electron chi connectivity index (χ0n) is 21.5. The first-order chi connectivity index (χ1) is 18.0. The molecule has 4 amide bonds. The van der Waals surface area contributed by atoms with E-state index in [2.05, 4.69) is 29.1 Å². The monoisotopic (exact) mass is 535 g/mol. The van der Waals surface area contributed by atoms with Crippen molar-refractivity contribution >= 4 is 29.9 Å². The van der Waals surface area contributed by atoms with Crippen LogP contribution in [-0.2, 0) is 22.3 Å². The molecule has 2 aromatic carbocycles. The van der Waals surface area contributed by atoms with Gasteiger partial charge in [0.05, 0.1) is 5.56 Å². The molecular formula is C27H32F3N3O5. The summed E-state index contributed by atoms with van der Waals surface area (Å²) in [4.78, 5) is 58.1. The predicted octanol–water partition coefficient (Wildman–Crippen LogP) is 4.45. The molecule has 8 nitrogen and oxygen atoms in total. The molecule has 0 unspecified atom stereocenters. The van der Waals surface area contributed by atoms with Crippen LogP contribution in [0.4, 0.5) is 13.2 Å². The summed E-state index contributed by atoms with van der Waals surface area (Å²) in [7, 11) is 0. The number of imide groups is 1. The highest BCUT2D eigenvalue weighted by Crippen LogP contribution is 2.29. The van der Waals surface area contributed by atoms with E-state index < -0.39 is 35.4 Å². The van der Waals surface area contributed by atoms with E-state index in [4.69, 9.17) is 0 Å². The summed E-state index contributed by atoms with van der Waals surface area (Å²) < 4.78 is 37.9. The van der Waals surface area contributed by atoms with Crippen LogP contribution < -0.4 is 16.0 Å². The van der Waals surface area contributed by atoms with E-state index in [0.717, 1.165) is 24.3 Å². The topological polar surface area (TPSA) is 121 Å². The number of amides is 4. The maximum absolute atomic E-state index is 12.6. The largest absolute Gasteiger partial charge is 0.416 e. The van der Waals surface area contributed by atoms with E-state index in [0.29, 0.717) is 11.8 Å². The summed E-state index contributed by atoms with van der Waals surface area (Å²) in [5.41, 5.74) is -0.154. The Morgan fingerprint density at radius 1 is 0.921 bits per heavy atom. The van der Waals surface area contributed by atoms with Crippen LogP contribution in [0.15, 0.2) is 55.6 Å². The lowest BCUT2D eigenvalue weighted by Crippen LogP contribution is -2.30. The van der Waals surface area contributed by atoms with Gasteiger partial charge in [0.15, 0.2) is 6.29 Å². The smallest absolute Gasteiger partial charge is 0.352 e. The third kappa shape index (κ3) is 11.6. The molecular weight excluding hydrogens is 503 g/mol. The van der Waals surface area contributed by atoms with Gasteiger partial charge < -0.3 is 10.6 Å². The maximum Gasteiger partial charge on any atom is 0.416 e. The molecule has 0 bridgehead atoms. The second-order valence-corrected chi connectivity index (χ2v) is 7.26. The third-order valence-electron chi connectivity index (χ3n) is 4.60. The van der Waals surface area contributed by atoms with Crippen LogP contribution >= 0.6 is 0 Å². The van der Waals surface area contributed by atoms with Gasteiger partial charge in [-0.25, -0.2) is 0 Å². The van der Waals surface area contributed by atoms with Crippen molar-refractivity contribution in [3.63, 3.8) is 0 Å². The number of rotatable bonds is 9. The van der Waals surface area contributed by atoms with Crippen LogP contribution in [0.1, 0.15) is 75.8 Å². The lowest BCUT2D eigenvalue weighted by Gasteiger charge is -2.11. The minimum absolute atomic E-state index is 0.0200. The zero-order chi connectivity index (χ0) is 29.3. The van der Waals surface area contributed by atoms with Crippen LogP contribution in [0.25, 0.3) is 0 Å². The van der Waals surface area contributed by atoms with Gasteiger partial charge in [0.2, 0.25) is 11.8 Å². The molecule has 0 radical (unpaired) electrons. The number of carbonyl (C=O) groups excluding carboxylic acids is 5. The van der Waals surface area contributed by atoms with Crippen molar-refractivity contribution in [1.29, 1.82) is 0 Å². The van der Waals surface area contributed by atoms with E-state index in [9.17, 15) is 37.1 Å². The molecule has 0 aromatic heterocycles. The summed E-state index contributed by atoms with van der Waals surface area (Å²) in [6.07, 6.45) is -3.69. The van der Waals surface area contributed by atoms with Gasteiger partial charge in [0.1, 0.15) is 0 Å². The Morgan fingerprint density at radius 3 is 2.05 bits per heavy atom. The highest BCUT2D eigenvalue weighted by atomic mass is 19.4. The fourth-order valence-electron chi connectivity index (χ4n) is 2.93. The van der Waals surface area contributed by atoms with Crippen molar-refractivity contribution in [1.82, 2.24) is 16.0 Å². The Hall–Kier alpha value is -4.28. The van der Waals surface area contributed by atoms with E-state index in [1.54, 1.807) is 0 Å². The fourth-order valence-corrected chi connectivity index (χ4v) is 2.93. The summed E-state index contributed by atoms with van der Waals surface area (Å²) in [5.74, 6) is -2.07. The maximum atomic E-state index is 12.6. The Morgan fingerprint density at radius 2 is 1.53 bits per heavy atom. The van der Waals surface area contributed by atoms with Crippen molar-refractivity contribution in [2.45, 2.75) is 46.3 Å². The number of nitrogens with one attached hydrogen (secondary N) is 3. The van der Waals surface area contributed by atoms with E-state index in [-0.39, 0.29) is 42.6 Å². The quantitative estimate of drug-likeness (QED) is 0.249. The SMILES string of the molecule is C=C.CC.CC(=O)NC(=O)CCCNC(=O)c1ccc(CNC(=O)c2ccc(C(F)(F)F)cc2)cc1C=O. The molecule has 2 rings (SSSR count). The fraction of sp³-hybridized carbons (Fsp3) is 0.296. The molecule has 0 heterocycles. The van der Waals surface area contributed by atoms with Crippen LogP contribution in [0.2, 0.25) is 0 Å². The Kier molecular flexibility index (Phi) is 15.3. The van der Waals surface area contributed by atoms with Gasteiger partial charge in [0.25, 0.3) is 11.8 Å². The second-order valence-electron chi connectivity index (χ2n) is 7.26. The molecule has 206 valence electrons. The summed E-state index contributed by atoms with van der Waals surface area (Å²) in [5, 5.41) is 7.23. The summed E-state index contributed by atoms with van der Waals surface area (Å²) >= 11 is 0. The predicted molar refractivity (Wildman–Crippen MR) is 137 cm³/mol. The number of aldehydes is 1. The molecule has 11 heteroatoms. The number of carbonyl (C=O) groups is 5. The van der Waals surface area contributed by atoms with Crippen molar-refractivity contribution in [3.05, 3.63) is 83.4 Å². The summed E-state index contributed by atoms with van der Waals surface area (Å²) in [6.45, 7) is 11.3. The van der Waals surface area contributed by atoms with Crippen molar-refractivity contribution in [3.8, 4) is 0 Å². The molecule has 0 aliphatic rings. The number of hydrogen-bond acceptors (Lipinski definition) is 5. The number of hydrogen-bond donors (Lipinski definition) is 3. The normalized spacial score (nSPS) is 9.95. The van der Waals surface area contributed by atoms with Crippen LogP contribution in [0, 0.1) is 0 Å². The molecule has 0 spiro atoms. The minimum atomic E-state index is -4.50. The average Bonchev–Trinajstić information content (AvgIpc) is 2.90. The summed E-state index contributed by atoms with van der Waals surface area (Å²) in [6, 6.07) is 8.08. The van der Waals surface area contributed by atoms with E-state index >= 15 is 0 Å². The van der Waals surface area contributed by atoms with Crippen LogP contribution in [-0.4, -0.2) is 36.5 Å². The molecule has 0 aliphatic heterocycles. The van der Waals surface area contributed by atoms with E-state index in [1.165, 1.54) is 25.1 Å². The highest BCUT2D eigenvalue weighted by Gasteiger charge is 2.30. The van der Waals surface area contributed by atoms with Crippen molar-refractivity contribution in [2.24, 2.45) is 0 Å². The van der Waals surface area contributed by atoms with Gasteiger partial charge in [-0.2, -0.15) is 13.2 Å². The zero-order valence-corrected chi connectivity index (χ0v) is 21.5. The van der Waals surface area contributed by atoms with Crippen molar-refractivity contribution < 1.29 is 37.1 Å². The molecule has 0 atom stereocenters. The molecule has 0 saturated carbocycles. The first-order valence-corrected chi connectivity index (χ1v) is 11.6. The lowest BCUT2D eigenvalue weighted by atomic mass is 10.0. The third-order valence-corrected chi connectivity index (χ3v) is 4.60. The van der Waals surface area contributed by atoms with Crippen molar-refractivity contribution in [2.75, 3.05) is 6.54 Å². The second kappa shape index (κ2) is 17.2. The highest BCUT2D eigenvalue weighted by molar-refractivity contribution is 6.01. The molecule has 0 aliphatic carbocycles. The molecule has 3 N–H and O–H groups in total. The molecule has 2 aromatic rings. The van der Waals surface area contributed by atoms with E-state index in [1.807, 2.05) is 13.8 Å². The first kappa shape index (κ1) is 33.7. The number of alkyl halides is 3. The Balaban J connectivity index is 0.00000326. The molecule has 0 fully saturated rings. The van der Waals surface area contributed by atoms with Gasteiger partial charge in [-0.3, -0.25) is 29.3 Å². The molecule has 38 heavy (non-hydrogen) atoms. The van der Waals surface area contributed by atoms with Crippen LogP contribution in [0.5, 0.6) is 0 Å².